The molecule has 0 heterocycles. The Morgan fingerprint density at radius 2 is 2.00 bits per heavy atom. The number of aliphatic carboxylic acids is 1. The fourth-order valence-electron chi connectivity index (χ4n) is 1.00. The van der Waals surface area contributed by atoms with E-state index in [1.165, 1.54) is 0 Å². The zero-order valence-electron chi connectivity index (χ0n) is 7.65. The number of thiocarbonyl (C=S) groups is 1. The molecular formula is C10H9O3S-. The largest absolute Gasteiger partial charge is 0.544 e. The summed E-state index contributed by atoms with van der Waals surface area (Å²) >= 11 is 4.63. The molecule has 0 saturated heterocycles. The second-order valence-electron chi connectivity index (χ2n) is 2.74. The quantitative estimate of drug-likeness (QED) is 0.672. The van der Waals surface area contributed by atoms with Crippen molar-refractivity contribution in [2.24, 2.45) is 0 Å². The van der Waals surface area contributed by atoms with E-state index in [1.807, 2.05) is 0 Å². The molecule has 0 fully saturated rings. The molecule has 0 N–H and O–H groups in total. The number of carboxylic acid groups (broad SMARTS) is 1. The van der Waals surface area contributed by atoms with E-state index < -0.39 is 5.97 Å². The van der Waals surface area contributed by atoms with Gasteiger partial charge >= 0.3 is 0 Å². The monoisotopic (exact) mass is 209 g/mol. The van der Waals surface area contributed by atoms with Gasteiger partial charge in [-0.15, -0.1) is 0 Å². The molecule has 0 aliphatic rings. The van der Waals surface area contributed by atoms with Crippen molar-refractivity contribution in [3.8, 4) is 5.75 Å². The van der Waals surface area contributed by atoms with E-state index >= 15 is 0 Å². The van der Waals surface area contributed by atoms with Crippen LogP contribution in [-0.4, -0.2) is 17.9 Å². The van der Waals surface area contributed by atoms with Crippen molar-refractivity contribution in [3.05, 3.63) is 29.8 Å². The molecule has 1 aromatic rings. The van der Waals surface area contributed by atoms with Crippen molar-refractivity contribution in [2.75, 3.05) is 7.11 Å². The van der Waals surface area contributed by atoms with Gasteiger partial charge in [-0.25, -0.2) is 0 Å². The Morgan fingerprint density at radius 3 is 2.43 bits per heavy atom. The molecule has 0 unspecified atom stereocenters. The molecule has 3 nitrogen and oxygen atoms in total. The first kappa shape index (κ1) is 10.7. The van der Waals surface area contributed by atoms with Crippen molar-refractivity contribution in [3.63, 3.8) is 0 Å². The van der Waals surface area contributed by atoms with Gasteiger partial charge in [0.15, 0.2) is 0 Å². The van der Waals surface area contributed by atoms with Crippen LogP contribution in [0.15, 0.2) is 24.3 Å². The molecule has 74 valence electrons. The highest BCUT2D eigenvalue weighted by Crippen LogP contribution is 2.11. The number of hydrogen-bond acceptors (Lipinski definition) is 4. The predicted molar refractivity (Wildman–Crippen MR) is 54.3 cm³/mol. The van der Waals surface area contributed by atoms with Crippen molar-refractivity contribution < 1.29 is 14.6 Å². The van der Waals surface area contributed by atoms with E-state index in [0.717, 1.165) is 11.3 Å². The summed E-state index contributed by atoms with van der Waals surface area (Å²) < 4.78 is 4.96. The maximum atomic E-state index is 10.3. The lowest BCUT2D eigenvalue weighted by Crippen LogP contribution is -2.31. The number of hydrogen-bond donors (Lipinski definition) is 0. The van der Waals surface area contributed by atoms with Crippen LogP contribution in [0.3, 0.4) is 0 Å². The van der Waals surface area contributed by atoms with Gasteiger partial charge in [0, 0.05) is 11.3 Å². The Labute approximate surface area is 87.3 Å². The summed E-state index contributed by atoms with van der Waals surface area (Å²) in [7, 11) is 1.57. The smallest absolute Gasteiger partial charge is 0.118 e. The van der Waals surface area contributed by atoms with Gasteiger partial charge in [0.05, 0.1) is 13.1 Å². The number of benzene rings is 1. The lowest BCUT2D eigenvalue weighted by Gasteiger charge is -2.05. The minimum Gasteiger partial charge on any atom is -0.544 e. The third-order valence-electron chi connectivity index (χ3n) is 1.75. The van der Waals surface area contributed by atoms with Crippen LogP contribution in [0.4, 0.5) is 0 Å². The Bertz CT molecular complexity index is 343. The van der Waals surface area contributed by atoms with Gasteiger partial charge in [-0.05, 0) is 17.7 Å². The predicted octanol–water partition coefficient (Wildman–Crippen LogP) is 0.357. The molecule has 0 bridgehead atoms. The van der Waals surface area contributed by atoms with Crippen LogP contribution in [0.1, 0.15) is 5.56 Å². The third kappa shape index (κ3) is 2.81. The SMILES string of the molecule is COc1ccc(CC(=S)C(=O)[O-])cc1. The summed E-state index contributed by atoms with van der Waals surface area (Å²) in [6.45, 7) is 0. The second kappa shape index (κ2) is 4.72. The number of carbonyl (C=O) groups is 1. The minimum absolute atomic E-state index is 0.0878. The molecule has 4 heteroatoms. The van der Waals surface area contributed by atoms with Crippen LogP contribution < -0.4 is 9.84 Å². The van der Waals surface area contributed by atoms with Gasteiger partial charge in [0.1, 0.15) is 5.75 Å². The highest BCUT2D eigenvalue weighted by atomic mass is 32.1. The van der Waals surface area contributed by atoms with Crippen LogP contribution in [-0.2, 0) is 11.2 Å². The fourth-order valence-corrected chi connectivity index (χ4v) is 1.17. The molecule has 1 aromatic carbocycles. The fraction of sp³-hybridized carbons (Fsp3) is 0.200. The maximum absolute atomic E-state index is 10.3. The van der Waals surface area contributed by atoms with Crippen LogP contribution in [0, 0.1) is 0 Å². The Kier molecular flexibility index (Phi) is 3.59. The van der Waals surface area contributed by atoms with E-state index in [1.54, 1.807) is 31.4 Å². The summed E-state index contributed by atoms with van der Waals surface area (Å²) in [4.78, 5) is 10.3. The van der Waals surface area contributed by atoms with Crippen molar-refractivity contribution >= 4 is 23.1 Å². The van der Waals surface area contributed by atoms with Crippen molar-refractivity contribution in [2.45, 2.75) is 6.42 Å². The lowest BCUT2D eigenvalue weighted by atomic mass is 10.1. The number of rotatable bonds is 4. The summed E-state index contributed by atoms with van der Waals surface area (Å²) in [5, 5.41) is 10.3. The van der Waals surface area contributed by atoms with Gasteiger partial charge < -0.3 is 14.6 Å². The molecular weight excluding hydrogens is 200 g/mol. The average molecular weight is 209 g/mol. The zero-order valence-corrected chi connectivity index (χ0v) is 8.47. The Hall–Kier alpha value is -1.42. The van der Waals surface area contributed by atoms with Gasteiger partial charge in [0.2, 0.25) is 0 Å². The number of carboxylic acids is 1. The first-order chi connectivity index (χ1) is 6.63. The van der Waals surface area contributed by atoms with Crippen LogP contribution in [0.5, 0.6) is 5.75 Å². The molecule has 1 rings (SSSR count). The number of carbonyl (C=O) groups excluding carboxylic acids is 1. The lowest BCUT2D eigenvalue weighted by molar-refractivity contribution is -0.293. The molecule has 0 amide bonds. The standard InChI is InChI=1S/C10H10O3S/c1-13-8-4-2-7(3-5-8)6-9(14)10(11)12/h2-5H,6H2,1H3,(H,11,12)/p-1. The Balaban J connectivity index is 2.69. The van der Waals surface area contributed by atoms with Crippen LogP contribution in [0.25, 0.3) is 0 Å². The van der Waals surface area contributed by atoms with Gasteiger partial charge in [-0.2, -0.15) is 0 Å². The molecule has 0 aliphatic carbocycles. The molecule has 0 aliphatic heterocycles. The summed E-state index contributed by atoms with van der Waals surface area (Å²) in [6, 6.07) is 7.06. The highest BCUT2D eigenvalue weighted by molar-refractivity contribution is 7.82. The van der Waals surface area contributed by atoms with E-state index in [-0.39, 0.29) is 11.3 Å². The third-order valence-corrected chi connectivity index (χ3v) is 2.06. The summed E-state index contributed by atoms with van der Waals surface area (Å²) in [5.74, 6) is -0.552. The number of methoxy groups -OCH3 is 1. The maximum Gasteiger partial charge on any atom is 0.118 e. The van der Waals surface area contributed by atoms with Crippen LogP contribution >= 0.6 is 12.2 Å². The van der Waals surface area contributed by atoms with Gasteiger partial charge in [-0.3, -0.25) is 0 Å². The van der Waals surface area contributed by atoms with Gasteiger partial charge in [0.25, 0.3) is 0 Å². The molecule has 0 spiro atoms. The van der Waals surface area contributed by atoms with E-state index in [4.69, 9.17) is 4.74 Å². The second-order valence-corrected chi connectivity index (χ2v) is 3.23. The van der Waals surface area contributed by atoms with E-state index in [0.29, 0.717) is 0 Å². The Morgan fingerprint density at radius 1 is 1.43 bits per heavy atom. The van der Waals surface area contributed by atoms with Crippen LogP contribution in [0.2, 0.25) is 0 Å². The van der Waals surface area contributed by atoms with Crippen molar-refractivity contribution in [1.82, 2.24) is 0 Å². The van der Waals surface area contributed by atoms with E-state index in [2.05, 4.69) is 12.2 Å². The normalized spacial score (nSPS) is 9.50. The average Bonchev–Trinajstić information content (AvgIpc) is 2.19. The molecule has 0 atom stereocenters. The number of ether oxygens (including phenoxy) is 1. The van der Waals surface area contributed by atoms with Crippen molar-refractivity contribution in [1.29, 1.82) is 0 Å². The molecule has 0 aromatic heterocycles. The molecule has 14 heavy (non-hydrogen) atoms. The highest BCUT2D eigenvalue weighted by Gasteiger charge is 2.00. The first-order valence-corrected chi connectivity index (χ1v) is 4.41. The van der Waals surface area contributed by atoms with Gasteiger partial charge in [-0.1, -0.05) is 24.4 Å². The molecule has 0 saturated carbocycles. The zero-order chi connectivity index (χ0) is 10.6. The first-order valence-electron chi connectivity index (χ1n) is 4.00. The van der Waals surface area contributed by atoms with E-state index in [9.17, 15) is 9.90 Å². The minimum atomic E-state index is -1.28. The molecule has 0 radical (unpaired) electrons. The summed E-state index contributed by atoms with van der Waals surface area (Å²) in [6.07, 6.45) is 0.224. The topological polar surface area (TPSA) is 49.4 Å². The summed E-state index contributed by atoms with van der Waals surface area (Å²) in [5.41, 5.74) is 0.833.